The summed E-state index contributed by atoms with van der Waals surface area (Å²) in [6.07, 6.45) is 4.43. The summed E-state index contributed by atoms with van der Waals surface area (Å²) in [5.74, 6) is 0.464. The lowest BCUT2D eigenvalue weighted by Crippen LogP contribution is -2.14. The maximum Gasteiger partial charge on any atom is 0.145 e. The van der Waals surface area contributed by atoms with E-state index in [1.807, 2.05) is 17.8 Å². The van der Waals surface area contributed by atoms with E-state index < -0.39 is 11.9 Å². The summed E-state index contributed by atoms with van der Waals surface area (Å²) in [7, 11) is 1.91. The van der Waals surface area contributed by atoms with Gasteiger partial charge in [0, 0.05) is 32.3 Å². The molecule has 1 aromatic carbocycles. The number of benzene rings is 1. The predicted octanol–water partition coefficient (Wildman–Crippen LogP) is 2.75. The maximum absolute atomic E-state index is 13.7. The van der Waals surface area contributed by atoms with E-state index in [1.165, 1.54) is 6.07 Å². The van der Waals surface area contributed by atoms with Gasteiger partial charge in [-0.1, -0.05) is 23.7 Å². The van der Waals surface area contributed by atoms with Crippen molar-refractivity contribution in [2.45, 2.75) is 25.4 Å². The van der Waals surface area contributed by atoms with Crippen molar-refractivity contribution >= 4 is 11.6 Å². The lowest BCUT2D eigenvalue weighted by molar-refractivity contribution is 0.163. The number of rotatable bonds is 5. The smallest absolute Gasteiger partial charge is 0.145 e. The fourth-order valence-electron chi connectivity index (χ4n) is 2.00. The standard InChI is InChI=1S/C14H16ClFN2O/c1-18-8-7-17-13(18)6-5-11(19)9-10-3-2-4-12(15)14(10)16/h2-4,7-8,11,19H,5-6,9H2,1H3. The van der Waals surface area contributed by atoms with Crippen molar-refractivity contribution < 1.29 is 9.50 Å². The Morgan fingerprint density at radius 1 is 1.47 bits per heavy atom. The third-order valence-electron chi connectivity index (χ3n) is 3.11. The zero-order chi connectivity index (χ0) is 13.8. The number of aryl methyl sites for hydroxylation is 2. The zero-order valence-corrected chi connectivity index (χ0v) is 11.4. The quantitative estimate of drug-likeness (QED) is 0.916. The second-order valence-corrected chi connectivity index (χ2v) is 4.97. The van der Waals surface area contributed by atoms with Crippen molar-refractivity contribution in [3.05, 3.63) is 52.8 Å². The van der Waals surface area contributed by atoms with Gasteiger partial charge in [0.25, 0.3) is 0 Å². The van der Waals surface area contributed by atoms with Crippen molar-refractivity contribution in [3.8, 4) is 0 Å². The molecule has 102 valence electrons. The van der Waals surface area contributed by atoms with Crippen LogP contribution < -0.4 is 0 Å². The van der Waals surface area contributed by atoms with Crippen LogP contribution in [0.15, 0.2) is 30.6 Å². The molecule has 19 heavy (non-hydrogen) atoms. The van der Waals surface area contributed by atoms with Gasteiger partial charge in [-0.15, -0.1) is 0 Å². The number of nitrogens with zero attached hydrogens (tertiary/aromatic N) is 2. The van der Waals surface area contributed by atoms with Crippen LogP contribution >= 0.6 is 11.6 Å². The van der Waals surface area contributed by atoms with Gasteiger partial charge in [0.15, 0.2) is 0 Å². The van der Waals surface area contributed by atoms with Crippen LogP contribution in [0.4, 0.5) is 4.39 Å². The number of aliphatic hydroxyl groups is 1. The lowest BCUT2D eigenvalue weighted by Gasteiger charge is -2.11. The topological polar surface area (TPSA) is 38.0 Å². The first-order valence-electron chi connectivity index (χ1n) is 6.15. The Hall–Kier alpha value is -1.39. The third-order valence-corrected chi connectivity index (χ3v) is 3.40. The van der Waals surface area contributed by atoms with Gasteiger partial charge in [-0.05, 0) is 18.1 Å². The Kier molecular flexibility index (Phi) is 4.56. The number of aliphatic hydroxyl groups excluding tert-OH is 1. The van der Waals surface area contributed by atoms with Crippen LogP contribution in [0.3, 0.4) is 0 Å². The fourth-order valence-corrected chi connectivity index (χ4v) is 2.19. The van der Waals surface area contributed by atoms with Crippen molar-refractivity contribution in [1.82, 2.24) is 9.55 Å². The molecular formula is C14H16ClFN2O. The second kappa shape index (κ2) is 6.17. The summed E-state index contributed by atoms with van der Waals surface area (Å²) < 4.78 is 15.6. The first kappa shape index (κ1) is 14.0. The van der Waals surface area contributed by atoms with Crippen molar-refractivity contribution in [1.29, 1.82) is 0 Å². The molecule has 1 N–H and O–H groups in total. The predicted molar refractivity (Wildman–Crippen MR) is 72.6 cm³/mol. The van der Waals surface area contributed by atoms with E-state index >= 15 is 0 Å². The highest BCUT2D eigenvalue weighted by atomic mass is 35.5. The largest absolute Gasteiger partial charge is 0.393 e. The molecule has 1 aromatic heterocycles. The molecule has 0 spiro atoms. The summed E-state index contributed by atoms with van der Waals surface area (Å²) in [6.45, 7) is 0. The summed E-state index contributed by atoms with van der Waals surface area (Å²) in [6, 6.07) is 4.83. The lowest BCUT2D eigenvalue weighted by atomic mass is 10.0. The average Bonchev–Trinajstić information content (AvgIpc) is 2.78. The zero-order valence-electron chi connectivity index (χ0n) is 10.7. The van der Waals surface area contributed by atoms with E-state index in [1.54, 1.807) is 18.3 Å². The van der Waals surface area contributed by atoms with Gasteiger partial charge in [0.1, 0.15) is 11.6 Å². The maximum atomic E-state index is 13.7. The molecule has 0 aliphatic carbocycles. The molecule has 2 rings (SSSR count). The number of halogens is 2. The summed E-state index contributed by atoms with van der Waals surface area (Å²) >= 11 is 5.71. The molecule has 1 unspecified atom stereocenters. The molecule has 1 heterocycles. The van der Waals surface area contributed by atoms with Gasteiger partial charge in [-0.2, -0.15) is 0 Å². The van der Waals surface area contributed by atoms with Gasteiger partial charge >= 0.3 is 0 Å². The first-order chi connectivity index (χ1) is 9.08. The van der Waals surface area contributed by atoms with Crippen molar-refractivity contribution in [3.63, 3.8) is 0 Å². The third kappa shape index (κ3) is 3.55. The molecular weight excluding hydrogens is 267 g/mol. The Balaban J connectivity index is 1.92. The highest BCUT2D eigenvalue weighted by molar-refractivity contribution is 6.30. The van der Waals surface area contributed by atoms with Crippen LogP contribution in [-0.2, 0) is 19.9 Å². The van der Waals surface area contributed by atoms with Crippen LogP contribution in [0.5, 0.6) is 0 Å². The van der Waals surface area contributed by atoms with Crippen LogP contribution in [0, 0.1) is 5.82 Å². The fraction of sp³-hybridized carbons (Fsp3) is 0.357. The van der Waals surface area contributed by atoms with Crippen LogP contribution in [0.25, 0.3) is 0 Å². The molecule has 5 heteroatoms. The van der Waals surface area contributed by atoms with E-state index in [2.05, 4.69) is 4.98 Å². The van der Waals surface area contributed by atoms with Gasteiger partial charge in [0.2, 0.25) is 0 Å². The minimum atomic E-state index is -0.607. The summed E-state index contributed by atoms with van der Waals surface area (Å²) in [5.41, 5.74) is 0.444. The molecule has 0 aliphatic rings. The van der Waals surface area contributed by atoms with Gasteiger partial charge in [-0.25, -0.2) is 9.37 Å². The van der Waals surface area contributed by atoms with Crippen molar-refractivity contribution in [2.24, 2.45) is 7.05 Å². The minimum Gasteiger partial charge on any atom is -0.393 e. The van der Waals surface area contributed by atoms with E-state index in [-0.39, 0.29) is 11.4 Å². The van der Waals surface area contributed by atoms with Gasteiger partial charge in [0.05, 0.1) is 11.1 Å². The van der Waals surface area contributed by atoms with E-state index in [0.717, 1.165) is 5.82 Å². The summed E-state index contributed by atoms with van der Waals surface area (Å²) in [4.78, 5) is 4.18. The van der Waals surface area contributed by atoms with E-state index in [0.29, 0.717) is 18.4 Å². The summed E-state index contributed by atoms with van der Waals surface area (Å²) in [5, 5.41) is 10.1. The first-order valence-corrected chi connectivity index (χ1v) is 6.53. The highest BCUT2D eigenvalue weighted by Gasteiger charge is 2.12. The number of hydrogen-bond acceptors (Lipinski definition) is 2. The second-order valence-electron chi connectivity index (χ2n) is 4.56. The number of aromatic nitrogens is 2. The van der Waals surface area contributed by atoms with Crippen LogP contribution in [-0.4, -0.2) is 20.8 Å². The molecule has 1 atom stereocenters. The molecule has 0 bridgehead atoms. The molecule has 0 saturated carbocycles. The van der Waals surface area contributed by atoms with Gasteiger partial charge < -0.3 is 9.67 Å². The van der Waals surface area contributed by atoms with Gasteiger partial charge in [-0.3, -0.25) is 0 Å². The van der Waals surface area contributed by atoms with Crippen molar-refractivity contribution in [2.75, 3.05) is 0 Å². The van der Waals surface area contributed by atoms with E-state index in [4.69, 9.17) is 11.6 Å². The Labute approximate surface area is 116 Å². The van der Waals surface area contributed by atoms with Crippen LogP contribution in [0.2, 0.25) is 5.02 Å². The molecule has 0 saturated heterocycles. The van der Waals surface area contributed by atoms with Crippen LogP contribution in [0.1, 0.15) is 17.8 Å². The molecule has 3 nitrogen and oxygen atoms in total. The highest BCUT2D eigenvalue weighted by Crippen LogP contribution is 2.20. The Bertz CT molecular complexity index is 556. The average molecular weight is 283 g/mol. The molecule has 0 fully saturated rings. The molecule has 0 amide bonds. The number of hydrogen-bond donors (Lipinski definition) is 1. The molecule has 2 aromatic rings. The SMILES string of the molecule is Cn1ccnc1CCC(O)Cc1cccc(Cl)c1F. The molecule has 0 radical (unpaired) electrons. The number of imidazole rings is 1. The monoisotopic (exact) mass is 282 g/mol. The Morgan fingerprint density at radius 2 is 2.26 bits per heavy atom. The molecule has 0 aliphatic heterocycles. The normalized spacial score (nSPS) is 12.6. The Morgan fingerprint density at radius 3 is 2.95 bits per heavy atom. The van der Waals surface area contributed by atoms with E-state index in [9.17, 15) is 9.50 Å². The minimum absolute atomic E-state index is 0.0915.